The lowest BCUT2D eigenvalue weighted by Gasteiger charge is -1.94. The Labute approximate surface area is 144 Å². The molecule has 0 aliphatic carbocycles. The average molecular weight is 316 g/mol. The summed E-state index contributed by atoms with van der Waals surface area (Å²) in [5.41, 5.74) is 2.58. The van der Waals surface area contributed by atoms with E-state index in [1.54, 1.807) is 0 Å². The first-order valence-corrected chi connectivity index (χ1v) is 9.03. The van der Waals surface area contributed by atoms with Crippen molar-refractivity contribution < 1.29 is 0 Å². The van der Waals surface area contributed by atoms with Gasteiger partial charge in [-0.2, -0.15) is 0 Å². The van der Waals surface area contributed by atoms with E-state index >= 15 is 0 Å². The predicted molar refractivity (Wildman–Crippen MR) is 110 cm³/mol. The summed E-state index contributed by atoms with van der Waals surface area (Å²) in [6.45, 7) is 18.3. The van der Waals surface area contributed by atoms with Gasteiger partial charge in [-0.3, -0.25) is 0 Å². The molecule has 1 aromatic heterocycles. The van der Waals surface area contributed by atoms with Crippen molar-refractivity contribution in [2.45, 2.75) is 62.3 Å². The van der Waals surface area contributed by atoms with Gasteiger partial charge < -0.3 is 4.57 Å². The van der Waals surface area contributed by atoms with E-state index in [1.165, 1.54) is 27.0 Å². The van der Waals surface area contributed by atoms with Gasteiger partial charge in [0.2, 0.25) is 0 Å². The second-order valence-electron chi connectivity index (χ2n) is 4.34. The molecule has 0 atom stereocenters. The van der Waals surface area contributed by atoms with Gasteiger partial charge in [0.05, 0.1) is 0 Å². The molecule has 0 bridgehead atoms. The summed E-state index contributed by atoms with van der Waals surface area (Å²) >= 11 is 0. The number of fused-ring (bicyclic) bond motifs is 1. The molecule has 23 heavy (non-hydrogen) atoms. The fourth-order valence-electron chi connectivity index (χ4n) is 2.25. The van der Waals surface area contributed by atoms with Crippen molar-refractivity contribution in [2.24, 2.45) is 7.05 Å². The smallest absolute Gasteiger partial charge is 0.0488 e. The highest BCUT2D eigenvalue weighted by atomic mass is 14.9. The first kappa shape index (κ1) is 23.5. The van der Waals surface area contributed by atoms with Crippen LogP contribution in [0.3, 0.4) is 0 Å². The number of nitrogens with zero attached hydrogens (tertiary/aromatic N) is 1. The summed E-state index contributed by atoms with van der Waals surface area (Å²) in [7, 11) is 2.12. The lowest BCUT2D eigenvalue weighted by molar-refractivity contribution is 0.924. The molecular formula is C22H37N. The van der Waals surface area contributed by atoms with E-state index in [0.717, 1.165) is 0 Å². The Morgan fingerprint density at radius 2 is 1.43 bits per heavy atom. The number of benzene rings is 1. The summed E-state index contributed by atoms with van der Waals surface area (Å²) in [5.74, 6) is 0. The molecule has 1 heteroatoms. The number of aryl methyl sites for hydroxylation is 1. The summed E-state index contributed by atoms with van der Waals surface area (Å²) in [5, 5.41) is 3.93. The number of allylic oxidation sites excluding steroid dienone is 2. The molecular weight excluding hydrogens is 278 g/mol. The Kier molecular flexibility index (Phi) is 14.2. The average Bonchev–Trinajstić information content (AvgIpc) is 2.92. The normalized spacial score (nSPS) is 11.8. The molecule has 0 fully saturated rings. The highest BCUT2D eigenvalue weighted by molar-refractivity contribution is 5.82. The fraction of sp³-hybridized carbons (Fsp3) is 0.455. The van der Waals surface area contributed by atoms with Gasteiger partial charge in [-0.25, -0.2) is 0 Å². The maximum absolute atomic E-state index is 2.26. The first-order valence-electron chi connectivity index (χ1n) is 9.03. The van der Waals surface area contributed by atoms with E-state index in [-0.39, 0.29) is 0 Å². The minimum Gasteiger partial charge on any atom is -0.344 e. The zero-order valence-electron chi connectivity index (χ0n) is 17.0. The zero-order valence-corrected chi connectivity index (χ0v) is 17.0. The molecule has 0 spiro atoms. The molecule has 0 saturated heterocycles. The van der Waals surface area contributed by atoms with Gasteiger partial charge in [0.25, 0.3) is 0 Å². The number of rotatable bonds is 1. The van der Waals surface area contributed by atoms with Gasteiger partial charge in [0, 0.05) is 28.5 Å². The third-order valence-electron chi connectivity index (χ3n) is 3.29. The third-order valence-corrected chi connectivity index (χ3v) is 3.29. The van der Waals surface area contributed by atoms with Crippen LogP contribution in [0.5, 0.6) is 0 Å². The van der Waals surface area contributed by atoms with Crippen LogP contribution < -0.4 is 10.6 Å². The molecule has 1 heterocycles. The van der Waals surface area contributed by atoms with Crippen LogP contribution in [0.25, 0.3) is 23.1 Å². The molecule has 0 aliphatic heterocycles. The van der Waals surface area contributed by atoms with Crippen LogP contribution in [0.1, 0.15) is 62.3 Å². The second kappa shape index (κ2) is 13.9. The van der Waals surface area contributed by atoms with Crippen molar-refractivity contribution in [1.29, 1.82) is 0 Å². The minimum atomic E-state index is 1.28. The summed E-state index contributed by atoms with van der Waals surface area (Å²) in [4.78, 5) is 0. The van der Waals surface area contributed by atoms with Gasteiger partial charge in [-0.05, 0) is 32.9 Å². The van der Waals surface area contributed by atoms with Crippen LogP contribution in [0.15, 0.2) is 35.9 Å². The van der Waals surface area contributed by atoms with E-state index in [9.17, 15) is 0 Å². The van der Waals surface area contributed by atoms with Crippen LogP contribution in [0.2, 0.25) is 0 Å². The minimum absolute atomic E-state index is 1.28. The Bertz CT molecular complexity index is 685. The maximum atomic E-state index is 2.26. The van der Waals surface area contributed by atoms with E-state index < -0.39 is 0 Å². The van der Waals surface area contributed by atoms with Crippen molar-refractivity contribution in [1.82, 2.24) is 4.57 Å². The van der Waals surface area contributed by atoms with Crippen molar-refractivity contribution in [3.63, 3.8) is 0 Å². The largest absolute Gasteiger partial charge is 0.344 e. The molecule has 0 unspecified atom stereocenters. The molecule has 1 aromatic carbocycles. The first-order chi connectivity index (χ1) is 11.2. The Morgan fingerprint density at radius 1 is 0.913 bits per heavy atom. The van der Waals surface area contributed by atoms with Crippen LogP contribution in [-0.2, 0) is 7.05 Å². The van der Waals surface area contributed by atoms with E-state index in [1.807, 2.05) is 41.5 Å². The molecule has 2 rings (SSSR count). The van der Waals surface area contributed by atoms with Crippen LogP contribution in [0, 0.1) is 0 Å². The van der Waals surface area contributed by atoms with E-state index in [0.29, 0.717) is 0 Å². The van der Waals surface area contributed by atoms with Crippen LogP contribution >= 0.6 is 0 Å². The zero-order chi connectivity index (χ0) is 18.4. The van der Waals surface area contributed by atoms with E-state index in [4.69, 9.17) is 0 Å². The van der Waals surface area contributed by atoms with Crippen molar-refractivity contribution in [3.05, 3.63) is 46.5 Å². The summed E-state index contributed by atoms with van der Waals surface area (Å²) < 4.78 is 2.25. The monoisotopic (exact) mass is 315 g/mol. The molecule has 0 amide bonds. The summed E-state index contributed by atoms with van der Waals surface area (Å²) in [6, 6.07) is 8.56. The van der Waals surface area contributed by atoms with Gasteiger partial charge in [0.1, 0.15) is 0 Å². The van der Waals surface area contributed by atoms with Gasteiger partial charge in [-0.15, -0.1) is 0 Å². The second-order valence-corrected chi connectivity index (χ2v) is 4.34. The van der Waals surface area contributed by atoms with Gasteiger partial charge in [-0.1, -0.05) is 77.5 Å². The van der Waals surface area contributed by atoms with Gasteiger partial charge >= 0.3 is 0 Å². The SMILES string of the molecule is CC.CC.CC.C\C=C(C)/C=c1\c(=C/C)n(C)c2ccccc12. The summed E-state index contributed by atoms with van der Waals surface area (Å²) in [6.07, 6.45) is 6.58. The molecule has 0 saturated carbocycles. The highest BCUT2D eigenvalue weighted by Gasteiger charge is 2.02. The molecule has 1 nitrogen and oxygen atoms in total. The van der Waals surface area contributed by atoms with Crippen molar-refractivity contribution >= 4 is 23.1 Å². The number of hydrogen-bond acceptors (Lipinski definition) is 0. The standard InChI is InChI=1S/C16H19N.3C2H6/c1-5-12(3)11-14-13-9-7-8-10-16(13)17(4)15(14)6-2;3*1-2/h5-11H,1-4H3;3*1-2H3/b12-5-,14-11-,15-6+;;;. The Morgan fingerprint density at radius 3 is 1.91 bits per heavy atom. The molecule has 2 aromatic rings. The van der Waals surface area contributed by atoms with Crippen molar-refractivity contribution in [2.75, 3.05) is 0 Å². The number of para-hydroxylation sites is 1. The number of aromatic nitrogens is 1. The van der Waals surface area contributed by atoms with Crippen LogP contribution in [0.4, 0.5) is 0 Å². The quantitative estimate of drug-likeness (QED) is 0.626. The third kappa shape index (κ3) is 6.09. The molecule has 0 N–H and O–H groups in total. The molecule has 0 aliphatic rings. The lowest BCUT2D eigenvalue weighted by atomic mass is 10.1. The highest BCUT2D eigenvalue weighted by Crippen LogP contribution is 2.07. The van der Waals surface area contributed by atoms with E-state index in [2.05, 4.69) is 74.9 Å². The maximum Gasteiger partial charge on any atom is 0.0488 e. The Balaban J connectivity index is 0. The van der Waals surface area contributed by atoms with Crippen LogP contribution in [-0.4, -0.2) is 4.57 Å². The lowest BCUT2D eigenvalue weighted by Crippen LogP contribution is -2.27. The molecule has 0 radical (unpaired) electrons. The van der Waals surface area contributed by atoms with Gasteiger partial charge in [0.15, 0.2) is 0 Å². The Hall–Kier alpha value is -1.76. The van der Waals surface area contributed by atoms with Crippen molar-refractivity contribution in [3.8, 4) is 0 Å². The molecule has 130 valence electrons. The topological polar surface area (TPSA) is 4.93 Å². The predicted octanol–water partition coefficient (Wildman–Crippen LogP) is 5.80. The number of hydrogen-bond donors (Lipinski definition) is 0. The fourth-order valence-corrected chi connectivity index (χ4v) is 2.25.